The molecule has 1 heterocycles. The zero-order chi connectivity index (χ0) is 15.5. The molecule has 0 saturated heterocycles. The average molecular weight is 292 g/mol. The highest BCUT2D eigenvalue weighted by Crippen LogP contribution is 2.19. The van der Waals surface area contributed by atoms with Gasteiger partial charge >= 0.3 is 0 Å². The molecule has 1 N–H and O–H groups in total. The smallest absolute Gasteiger partial charge is 0.269 e. The van der Waals surface area contributed by atoms with E-state index in [9.17, 15) is 14.9 Å². The molecule has 0 aliphatic heterocycles. The maximum atomic E-state index is 12.1. The highest BCUT2D eigenvalue weighted by Gasteiger charge is 2.07. The van der Waals surface area contributed by atoms with Crippen LogP contribution in [0.2, 0.25) is 0 Å². The number of carbonyl (C=O) groups excluding carboxylic acids is 1. The summed E-state index contributed by atoms with van der Waals surface area (Å²) in [6.07, 6.45) is 5.05. The molecule has 0 aliphatic rings. The summed E-state index contributed by atoms with van der Waals surface area (Å²) in [6.45, 7) is 0. The number of non-ortho nitro benzene ring substituents is 1. The van der Waals surface area contributed by atoms with Crippen LogP contribution in [-0.4, -0.2) is 15.7 Å². The van der Waals surface area contributed by atoms with Gasteiger partial charge in [-0.1, -0.05) is 18.2 Å². The van der Waals surface area contributed by atoms with Crippen molar-refractivity contribution in [2.75, 3.05) is 0 Å². The Hall–Kier alpha value is -3.21. The number of nitrogens with zero attached hydrogens (tertiary/aromatic N) is 1. The third-order valence-electron chi connectivity index (χ3n) is 3.40. The molecule has 22 heavy (non-hydrogen) atoms. The molecular formula is C17H12N2O3. The first kappa shape index (κ1) is 13.8. The lowest BCUT2D eigenvalue weighted by atomic mass is 10.1. The number of hydrogen-bond donors (Lipinski definition) is 1. The first-order chi connectivity index (χ1) is 10.6. The SMILES string of the molecule is O=C(/C=C/c1c[nH]c2ccccc12)c1ccc([N+](=O)[O-])cc1. The van der Waals surface area contributed by atoms with E-state index in [4.69, 9.17) is 0 Å². The number of para-hydroxylation sites is 1. The van der Waals surface area contributed by atoms with Crippen molar-refractivity contribution in [3.05, 3.63) is 82.0 Å². The summed E-state index contributed by atoms with van der Waals surface area (Å²) in [5.74, 6) is -0.194. The Morgan fingerprint density at radius 1 is 1.09 bits per heavy atom. The molecule has 5 heteroatoms. The molecule has 0 aliphatic carbocycles. The Balaban J connectivity index is 1.82. The van der Waals surface area contributed by atoms with Crippen LogP contribution in [0.4, 0.5) is 5.69 Å². The fraction of sp³-hybridized carbons (Fsp3) is 0. The number of benzene rings is 2. The quantitative estimate of drug-likeness (QED) is 0.342. The standard InChI is InChI=1S/C17H12N2O3/c20-17(12-5-8-14(9-6-12)19(21)22)10-7-13-11-18-16-4-2-1-3-15(13)16/h1-11,18H/b10-7+. The number of H-pyrrole nitrogens is 1. The van der Waals surface area contributed by atoms with Crippen LogP contribution in [0.5, 0.6) is 0 Å². The number of carbonyl (C=O) groups is 1. The monoisotopic (exact) mass is 292 g/mol. The predicted octanol–water partition coefficient (Wildman–Crippen LogP) is 3.97. The van der Waals surface area contributed by atoms with E-state index in [1.165, 1.54) is 30.3 Å². The van der Waals surface area contributed by atoms with Crippen LogP contribution in [0, 0.1) is 10.1 Å². The van der Waals surface area contributed by atoms with Gasteiger partial charge in [0, 0.05) is 34.8 Å². The second-order valence-electron chi connectivity index (χ2n) is 4.79. The van der Waals surface area contributed by atoms with Crippen molar-refractivity contribution in [3.8, 4) is 0 Å². The molecule has 2 aromatic carbocycles. The number of rotatable bonds is 4. The zero-order valence-corrected chi connectivity index (χ0v) is 11.5. The van der Waals surface area contributed by atoms with E-state index in [0.717, 1.165) is 16.5 Å². The maximum absolute atomic E-state index is 12.1. The van der Waals surface area contributed by atoms with Crippen molar-refractivity contribution in [2.24, 2.45) is 0 Å². The van der Waals surface area contributed by atoms with Gasteiger partial charge in [0.1, 0.15) is 0 Å². The molecule has 0 saturated carbocycles. The Morgan fingerprint density at radius 2 is 1.82 bits per heavy atom. The van der Waals surface area contributed by atoms with Gasteiger partial charge < -0.3 is 4.98 Å². The van der Waals surface area contributed by atoms with Crippen LogP contribution < -0.4 is 0 Å². The lowest BCUT2D eigenvalue weighted by Gasteiger charge is -1.96. The van der Waals surface area contributed by atoms with Crippen molar-refractivity contribution in [2.45, 2.75) is 0 Å². The summed E-state index contributed by atoms with van der Waals surface area (Å²) in [5.41, 5.74) is 2.31. The van der Waals surface area contributed by atoms with Gasteiger partial charge in [0.05, 0.1) is 4.92 Å². The van der Waals surface area contributed by atoms with Crippen LogP contribution in [0.15, 0.2) is 60.8 Å². The van der Waals surface area contributed by atoms with Crippen molar-refractivity contribution in [3.63, 3.8) is 0 Å². The Kier molecular flexibility index (Phi) is 3.53. The van der Waals surface area contributed by atoms with Crippen LogP contribution in [0.3, 0.4) is 0 Å². The molecule has 0 amide bonds. The third kappa shape index (κ3) is 2.64. The van der Waals surface area contributed by atoms with Gasteiger partial charge in [-0.2, -0.15) is 0 Å². The second-order valence-corrected chi connectivity index (χ2v) is 4.79. The lowest BCUT2D eigenvalue weighted by molar-refractivity contribution is -0.384. The third-order valence-corrected chi connectivity index (χ3v) is 3.40. The fourth-order valence-corrected chi connectivity index (χ4v) is 2.24. The summed E-state index contributed by atoms with van der Waals surface area (Å²) >= 11 is 0. The molecule has 0 atom stereocenters. The normalized spacial score (nSPS) is 11.1. The van der Waals surface area contributed by atoms with Crippen molar-refractivity contribution >= 4 is 28.4 Å². The number of allylic oxidation sites excluding steroid dienone is 1. The van der Waals surface area contributed by atoms with E-state index in [-0.39, 0.29) is 11.5 Å². The topological polar surface area (TPSA) is 76.0 Å². The predicted molar refractivity (Wildman–Crippen MR) is 84.8 cm³/mol. The molecule has 0 bridgehead atoms. The second kappa shape index (κ2) is 5.65. The summed E-state index contributed by atoms with van der Waals surface area (Å²) in [6, 6.07) is 13.4. The molecule has 0 spiro atoms. The molecule has 108 valence electrons. The molecule has 5 nitrogen and oxygen atoms in total. The van der Waals surface area contributed by atoms with Crippen molar-refractivity contribution in [1.29, 1.82) is 0 Å². The van der Waals surface area contributed by atoms with Gasteiger partial charge in [0.15, 0.2) is 5.78 Å². The summed E-state index contributed by atoms with van der Waals surface area (Å²) in [4.78, 5) is 25.3. The molecule has 0 fully saturated rings. The van der Waals surface area contributed by atoms with Gasteiger partial charge in [0.25, 0.3) is 5.69 Å². The van der Waals surface area contributed by atoms with E-state index in [2.05, 4.69) is 4.98 Å². The number of aromatic nitrogens is 1. The van der Waals surface area contributed by atoms with Gasteiger partial charge in [-0.25, -0.2) is 0 Å². The minimum atomic E-state index is -0.490. The Morgan fingerprint density at radius 3 is 2.55 bits per heavy atom. The summed E-state index contributed by atoms with van der Waals surface area (Å²) in [5, 5.41) is 11.6. The highest BCUT2D eigenvalue weighted by molar-refractivity contribution is 6.07. The number of fused-ring (bicyclic) bond motifs is 1. The number of nitrogens with one attached hydrogen (secondary N) is 1. The Labute approximate surface area is 126 Å². The van der Waals surface area contributed by atoms with Crippen LogP contribution in [0.1, 0.15) is 15.9 Å². The molecule has 1 aromatic heterocycles. The zero-order valence-electron chi connectivity index (χ0n) is 11.5. The number of ketones is 1. The maximum Gasteiger partial charge on any atom is 0.269 e. The minimum Gasteiger partial charge on any atom is -0.361 e. The molecule has 3 aromatic rings. The van der Waals surface area contributed by atoms with Crippen molar-refractivity contribution < 1.29 is 9.72 Å². The highest BCUT2D eigenvalue weighted by atomic mass is 16.6. The molecule has 0 unspecified atom stereocenters. The molecular weight excluding hydrogens is 280 g/mol. The van der Waals surface area contributed by atoms with Gasteiger partial charge in [-0.3, -0.25) is 14.9 Å². The van der Waals surface area contributed by atoms with E-state index in [1.807, 2.05) is 30.5 Å². The van der Waals surface area contributed by atoms with E-state index < -0.39 is 4.92 Å². The number of nitro groups is 1. The summed E-state index contributed by atoms with van der Waals surface area (Å²) in [7, 11) is 0. The van der Waals surface area contributed by atoms with E-state index in [0.29, 0.717) is 5.56 Å². The number of aromatic amines is 1. The summed E-state index contributed by atoms with van der Waals surface area (Å²) < 4.78 is 0. The van der Waals surface area contributed by atoms with E-state index in [1.54, 1.807) is 6.08 Å². The van der Waals surface area contributed by atoms with Crippen LogP contribution >= 0.6 is 0 Å². The Bertz CT molecular complexity index is 876. The van der Waals surface area contributed by atoms with Gasteiger partial charge in [-0.05, 0) is 35.9 Å². The van der Waals surface area contributed by atoms with Gasteiger partial charge in [-0.15, -0.1) is 0 Å². The molecule has 0 radical (unpaired) electrons. The number of hydrogen-bond acceptors (Lipinski definition) is 3. The fourth-order valence-electron chi connectivity index (χ4n) is 2.24. The first-order valence-corrected chi connectivity index (χ1v) is 6.68. The molecule has 3 rings (SSSR count). The average Bonchev–Trinajstić information content (AvgIpc) is 2.96. The minimum absolute atomic E-state index is 0.0304. The van der Waals surface area contributed by atoms with Gasteiger partial charge in [0.2, 0.25) is 0 Å². The number of nitro benzene ring substituents is 1. The van der Waals surface area contributed by atoms with Crippen LogP contribution in [0.25, 0.3) is 17.0 Å². The van der Waals surface area contributed by atoms with Crippen molar-refractivity contribution in [1.82, 2.24) is 4.98 Å². The first-order valence-electron chi connectivity index (χ1n) is 6.68. The largest absolute Gasteiger partial charge is 0.361 e. The van der Waals surface area contributed by atoms with Crippen LogP contribution in [-0.2, 0) is 0 Å². The lowest BCUT2D eigenvalue weighted by Crippen LogP contribution is -1.95. The van der Waals surface area contributed by atoms with E-state index >= 15 is 0 Å².